The van der Waals surface area contributed by atoms with Crippen LogP contribution in [0.5, 0.6) is 0 Å². The SMILES string of the molecule is O=C(C1CC=CCC1)N1CCOC2CCC1C2OCc1ccncc1. The molecule has 25 heavy (non-hydrogen) atoms. The van der Waals surface area contributed by atoms with Crippen LogP contribution in [0.3, 0.4) is 0 Å². The molecule has 1 aliphatic heterocycles. The van der Waals surface area contributed by atoms with Crippen LogP contribution in [0.2, 0.25) is 0 Å². The number of allylic oxidation sites excluding steroid dienone is 2. The van der Waals surface area contributed by atoms with Crippen molar-refractivity contribution in [3.8, 4) is 0 Å². The Bertz CT molecular complexity index is 619. The summed E-state index contributed by atoms with van der Waals surface area (Å²) in [4.78, 5) is 19.2. The first-order valence-electron chi connectivity index (χ1n) is 9.40. The topological polar surface area (TPSA) is 51.7 Å². The van der Waals surface area contributed by atoms with Crippen LogP contribution in [0.25, 0.3) is 0 Å². The average Bonchev–Trinajstić information content (AvgIpc) is 2.96. The minimum Gasteiger partial charge on any atom is -0.374 e. The van der Waals surface area contributed by atoms with Gasteiger partial charge in [-0.1, -0.05) is 12.2 Å². The third kappa shape index (κ3) is 3.62. The molecule has 5 heteroatoms. The first-order valence-corrected chi connectivity index (χ1v) is 9.40. The predicted octanol–water partition coefficient (Wildman–Crippen LogP) is 2.71. The molecule has 2 heterocycles. The highest BCUT2D eigenvalue weighted by Gasteiger charge is 2.45. The van der Waals surface area contributed by atoms with Gasteiger partial charge >= 0.3 is 0 Å². The second-order valence-corrected chi connectivity index (χ2v) is 7.20. The number of nitrogens with zero attached hydrogens (tertiary/aromatic N) is 2. The van der Waals surface area contributed by atoms with Crippen molar-refractivity contribution in [3.05, 3.63) is 42.2 Å². The fourth-order valence-corrected chi connectivity index (χ4v) is 4.31. The van der Waals surface area contributed by atoms with Gasteiger partial charge in [0, 0.05) is 24.9 Å². The normalized spacial score (nSPS) is 31.8. The molecule has 4 atom stereocenters. The van der Waals surface area contributed by atoms with E-state index in [1.807, 2.05) is 12.1 Å². The molecule has 4 unspecified atom stereocenters. The zero-order valence-electron chi connectivity index (χ0n) is 14.5. The minimum atomic E-state index is -0.0289. The molecule has 5 nitrogen and oxygen atoms in total. The van der Waals surface area contributed by atoms with Gasteiger partial charge in [-0.3, -0.25) is 9.78 Å². The Morgan fingerprint density at radius 1 is 1.24 bits per heavy atom. The lowest BCUT2D eigenvalue weighted by Crippen LogP contribution is -2.48. The molecule has 0 N–H and O–H groups in total. The molecule has 0 radical (unpaired) electrons. The zero-order valence-corrected chi connectivity index (χ0v) is 14.5. The van der Waals surface area contributed by atoms with Crippen LogP contribution in [0.15, 0.2) is 36.7 Å². The first-order chi connectivity index (χ1) is 12.3. The maximum atomic E-state index is 13.1. The van der Waals surface area contributed by atoms with Crippen LogP contribution < -0.4 is 0 Å². The van der Waals surface area contributed by atoms with Gasteiger partial charge < -0.3 is 14.4 Å². The average molecular weight is 342 g/mol. The van der Waals surface area contributed by atoms with Crippen molar-refractivity contribution < 1.29 is 14.3 Å². The third-order valence-electron chi connectivity index (χ3n) is 5.65. The Morgan fingerprint density at radius 3 is 2.92 bits per heavy atom. The van der Waals surface area contributed by atoms with Gasteiger partial charge in [0.05, 0.1) is 25.4 Å². The van der Waals surface area contributed by atoms with E-state index in [-0.39, 0.29) is 30.1 Å². The highest BCUT2D eigenvalue weighted by molar-refractivity contribution is 5.79. The van der Waals surface area contributed by atoms with Crippen LogP contribution in [0.4, 0.5) is 0 Å². The summed E-state index contributed by atoms with van der Waals surface area (Å²) < 4.78 is 12.3. The van der Waals surface area contributed by atoms with Gasteiger partial charge in [0.25, 0.3) is 0 Å². The monoisotopic (exact) mass is 342 g/mol. The van der Waals surface area contributed by atoms with Crippen molar-refractivity contribution in [1.82, 2.24) is 9.88 Å². The quantitative estimate of drug-likeness (QED) is 0.790. The predicted molar refractivity (Wildman–Crippen MR) is 93.8 cm³/mol. The van der Waals surface area contributed by atoms with Crippen molar-refractivity contribution in [2.24, 2.45) is 5.92 Å². The Morgan fingerprint density at radius 2 is 2.12 bits per heavy atom. The summed E-state index contributed by atoms with van der Waals surface area (Å²) >= 11 is 0. The van der Waals surface area contributed by atoms with E-state index in [1.54, 1.807) is 12.4 Å². The Balaban J connectivity index is 1.46. The van der Waals surface area contributed by atoms with Gasteiger partial charge in [-0.25, -0.2) is 0 Å². The second kappa shape index (κ2) is 7.67. The molecule has 0 spiro atoms. The van der Waals surface area contributed by atoms with Gasteiger partial charge in [0.1, 0.15) is 6.10 Å². The summed E-state index contributed by atoms with van der Waals surface area (Å²) in [5.41, 5.74) is 1.11. The molecule has 4 rings (SSSR count). The van der Waals surface area contributed by atoms with E-state index in [9.17, 15) is 4.79 Å². The molecule has 1 amide bonds. The molecule has 134 valence electrons. The van der Waals surface area contributed by atoms with Gasteiger partial charge in [0.2, 0.25) is 5.91 Å². The van der Waals surface area contributed by atoms with Crippen molar-refractivity contribution in [2.75, 3.05) is 13.2 Å². The summed E-state index contributed by atoms with van der Waals surface area (Å²) in [6, 6.07) is 4.08. The summed E-state index contributed by atoms with van der Waals surface area (Å²) in [6.45, 7) is 1.84. The standard InChI is InChI=1S/C20H26N2O3/c23-20(16-4-2-1-3-5-16)22-12-13-24-18-7-6-17(22)19(18)25-14-15-8-10-21-11-9-15/h1-2,8-11,16-19H,3-7,12-14H2. The molecule has 0 aromatic carbocycles. The largest absolute Gasteiger partial charge is 0.374 e. The number of ether oxygens (including phenoxy) is 2. The van der Waals surface area contributed by atoms with Crippen LogP contribution in [-0.2, 0) is 20.9 Å². The van der Waals surface area contributed by atoms with Crippen molar-refractivity contribution in [3.63, 3.8) is 0 Å². The minimum absolute atomic E-state index is 0.0289. The molecular formula is C20H26N2O3. The fraction of sp³-hybridized carbons (Fsp3) is 0.600. The zero-order chi connectivity index (χ0) is 17.1. The fourth-order valence-electron chi connectivity index (χ4n) is 4.31. The lowest BCUT2D eigenvalue weighted by molar-refractivity contribution is -0.140. The number of rotatable bonds is 4. The van der Waals surface area contributed by atoms with Crippen molar-refractivity contribution in [2.45, 2.75) is 57.0 Å². The highest BCUT2D eigenvalue weighted by Crippen LogP contribution is 2.34. The first kappa shape index (κ1) is 16.7. The molecule has 1 saturated carbocycles. The molecule has 2 bridgehead atoms. The van der Waals surface area contributed by atoms with E-state index < -0.39 is 0 Å². The number of hydrogen-bond acceptors (Lipinski definition) is 4. The number of carbonyl (C=O) groups is 1. The van der Waals surface area contributed by atoms with E-state index in [0.29, 0.717) is 19.8 Å². The lowest BCUT2D eigenvalue weighted by atomic mass is 9.92. The van der Waals surface area contributed by atoms with Crippen LogP contribution in [-0.4, -0.2) is 47.2 Å². The number of pyridine rings is 1. The summed E-state index contributed by atoms with van der Waals surface area (Å²) in [6.07, 6.45) is 12.8. The summed E-state index contributed by atoms with van der Waals surface area (Å²) in [7, 11) is 0. The van der Waals surface area contributed by atoms with E-state index in [1.165, 1.54) is 0 Å². The smallest absolute Gasteiger partial charge is 0.226 e. The number of carbonyl (C=O) groups excluding carboxylic acids is 1. The molecule has 2 fully saturated rings. The highest BCUT2D eigenvalue weighted by atomic mass is 16.5. The van der Waals surface area contributed by atoms with Gasteiger partial charge in [-0.15, -0.1) is 0 Å². The number of hydrogen-bond donors (Lipinski definition) is 0. The Hall–Kier alpha value is -1.72. The number of fused-ring (bicyclic) bond motifs is 2. The summed E-state index contributed by atoms with van der Waals surface area (Å²) in [5.74, 6) is 0.418. The molecular weight excluding hydrogens is 316 g/mol. The van der Waals surface area contributed by atoms with Crippen molar-refractivity contribution in [1.29, 1.82) is 0 Å². The maximum Gasteiger partial charge on any atom is 0.226 e. The molecule has 1 saturated heterocycles. The lowest BCUT2D eigenvalue weighted by Gasteiger charge is -2.34. The number of amides is 1. The summed E-state index contributed by atoms with van der Waals surface area (Å²) in [5, 5.41) is 0. The molecule has 2 aliphatic carbocycles. The van der Waals surface area contributed by atoms with E-state index >= 15 is 0 Å². The molecule has 3 aliphatic rings. The number of aromatic nitrogens is 1. The van der Waals surface area contributed by atoms with Gasteiger partial charge in [-0.2, -0.15) is 0 Å². The van der Waals surface area contributed by atoms with Crippen LogP contribution in [0, 0.1) is 5.92 Å². The van der Waals surface area contributed by atoms with Crippen molar-refractivity contribution >= 4 is 5.91 Å². The van der Waals surface area contributed by atoms with Crippen LogP contribution >= 0.6 is 0 Å². The van der Waals surface area contributed by atoms with Crippen LogP contribution in [0.1, 0.15) is 37.7 Å². The van der Waals surface area contributed by atoms with E-state index in [2.05, 4.69) is 22.0 Å². The maximum absolute atomic E-state index is 13.1. The molecule has 1 aromatic rings. The second-order valence-electron chi connectivity index (χ2n) is 7.20. The van der Waals surface area contributed by atoms with E-state index in [0.717, 1.165) is 37.7 Å². The Kier molecular flexibility index (Phi) is 5.13. The molecule has 1 aromatic heterocycles. The van der Waals surface area contributed by atoms with Gasteiger partial charge in [-0.05, 0) is 49.8 Å². The van der Waals surface area contributed by atoms with E-state index in [4.69, 9.17) is 9.47 Å². The third-order valence-corrected chi connectivity index (χ3v) is 5.65. The van der Waals surface area contributed by atoms with Gasteiger partial charge in [0.15, 0.2) is 0 Å². The Labute approximate surface area is 149 Å².